The normalized spacial score (nSPS) is 23.0. The summed E-state index contributed by atoms with van der Waals surface area (Å²) >= 11 is 2.09. The first-order valence-electron chi connectivity index (χ1n) is 25.1. The van der Waals surface area contributed by atoms with E-state index in [0.29, 0.717) is 0 Å². The van der Waals surface area contributed by atoms with Crippen LogP contribution in [0.15, 0.2) is 66.7 Å². The summed E-state index contributed by atoms with van der Waals surface area (Å²) in [5.41, 5.74) is 26.8. The molecule has 1 unspecified atom stereocenters. The van der Waals surface area contributed by atoms with E-state index in [1.807, 2.05) is 0 Å². The van der Waals surface area contributed by atoms with Gasteiger partial charge >= 0.3 is 0 Å². The van der Waals surface area contributed by atoms with E-state index >= 15 is 0 Å². The number of anilines is 6. The van der Waals surface area contributed by atoms with Crippen LogP contribution in [0.25, 0.3) is 10.1 Å². The monoisotopic (exact) mass is 875 g/mol. The molecule has 0 radical (unpaired) electrons. The van der Waals surface area contributed by atoms with Crippen LogP contribution in [-0.2, 0) is 37.9 Å². The van der Waals surface area contributed by atoms with Crippen LogP contribution in [0, 0.1) is 13.8 Å². The zero-order chi connectivity index (χ0) is 46.1. The lowest BCUT2D eigenvalue weighted by Gasteiger charge is -2.55. The van der Waals surface area contributed by atoms with Gasteiger partial charge in [-0.15, -0.1) is 11.3 Å². The Labute approximate surface area is 395 Å². The number of nitrogens with zero attached hydrogens (tertiary/aromatic N) is 2. The van der Waals surface area contributed by atoms with Crippen LogP contribution >= 0.6 is 11.3 Å². The molecule has 12 rings (SSSR count). The topological polar surface area (TPSA) is 6.48 Å². The SMILES string of the molecule is Cc1cc2c3c(c1)N(c1ccc(C(C)(C)C)cc1C)c1c(sc4cc5c(cc14)C(C)(C)CCC5(C)C)B3c1ccc3c4c1N2c1cc2c(cc1C4(C)CCC3(C)C)C(C)(C)CCC2(C)C. The average Bonchev–Trinajstić information content (AvgIpc) is 3.60. The Balaban J connectivity index is 1.23. The zero-order valence-corrected chi connectivity index (χ0v) is 43.3. The number of rotatable bonds is 1. The molecular weight excluding hydrogens is 804 g/mol. The second-order valence-electron chi connectivity index (χ2n) is 26.4. The van der Waals surface area contributed by atoms with Crippen LogP contribution in [0.1, 0.15) is 191 Å². The largest absolute Gasteiger partial charge is 0.311 e. The van der Waals surface area contributed by atoms with E-state index in [1.54, 1.807) is 33.4 Å². The van der Waals surface area contributed by atoms with Crippen molar-refractivity contribution in [1.82, 2.24) is 0 Å². The highest BCUT2D eigenvalue weighted by atomic mass is 32.1. The van der Waals surface area contributed by atoms with Crippen LogP contribution in [0.5, 0.6) is 0 Å². The van der Waals surface area contributed by atoms with Crippen LogP contribution in [0.2, 0.25) is 0 Å². The molecule has 1 atom stereocenters. The second kappa shape index (κ2) is 12.6. The Hall–Kier alpha value is -4.28. The van der Waals surface area contributed by atoms with Gasteiger partial charge in [-0.25, -0.2) is 0 Å². The molecule has 1 aromatic heterocycles. The summed E-state index contributed by atoms with van der Waals surface area (Å²) in [5.74, 6) is 0. The van der Waals surface area contributed by atoms with Gasteiger partial charge in [0.25, 0.3) is 6.71 Å². The molecule has 5 aromatic carbocycles. The van der Waals surface area contributed by atoms with E-state index in [2.05, 4.69) is 199 Å². The fourth-order valence-electron chi connectivity index (χ4n) is 14.1. The van der Waals surface area contributed by atoms with Crippen molar-refractivity contribution in [1.29, 1.82) is 0 Å². The number of benzene rings is 5. The molecule has 4 heterocycles. The minimum Gasteiger partial charge on any atom is -0.311 e. The molecule has 0 fully saturated rings. The molecule has 2 nitrogen and oxygen atoms in total. The summed E-state index contributed by atoms with van der Waals surface area (Å²) in [6.07, 6.45) is 7.20. The van der Waals surface area contributed by atoms with Crippen molar-refractivity contribution in [3.63, 3.8) is 0 Å². The number of hydrogen-bond donors (Lipinski definition) is 0. The minimum atomic E-state index is -0.0925. The minimum absolute atomic E-state index is 0.0625. The lowest BCUT2D eigenvalue weighted by molar-refractivity contribution is 0.327. The first-order chi connectivity index (χ1) is 30.3. The van der Waals surface area contributed by atoms with Crippen molar-refractivity contribution < 1.29 is 0 Å². The highest BCUT2D eigenvalue weighted by Gasteiger charge is 2.55. The second-order valence-corrected chi connectivity index (χ2v) is 27.5. The molecule has 6 aromatic rings. The van der Waals surface area contributed by atoms with Gasteiger partial charge in [0.05, 0.1) is 11.4 Å². The molecule has 0 saturated carbocycles. The third-order valence-electron chi connectivity index (χ3n) is 18.6. The predicted octanol–water partition coefficient (Wildman–Crippen LogP) is 15.3. The average molecular weight is 875 g/mol. The lowest BCUT2D eigenvalue weighted by atomic mass is 9.35. The van der Waals surface area contributed by atoms with E-state index in [1.165, 1.54) is 114 Å². The quantitative estimate of drug-likeness (QED) is 0.152. The summed E-state index contributed by atoms with van der Waals surface area (Å²) in [5, 5.41) is 1.42. The van der Waals surface area contributed by atoms with E-state index in [4.69, 9.17) is 0 Å². The molecule has 65 heavy (non-hydrogen) atoms. The number of fused-ring (bicyclic) bond motifs is 11. The number of hydrogen-bond acceptors (Lipinski definition) is 3. The molecule has 3 aliphatic carbocycles. The van der Waals surface area contributed by atoms with Crippen molar-refractivity contribution in [3.05, 3.63) is 122 Å². The summed E-state index contributed by atoms with van der Waals surface area (Å²) in [6, 6.07) is 28.4. The molecule has 3 aliphatic heterocycles. The molecular formula is C61H71BN2S. The molecule has 0 bridgehead atoms. The summed E-state index contributed by atoms with van der Waals surface area (Å²) in [7, 11) is 0. The third kappa shape index (κ3) is 5.47. The molecule has 0 saturated heterocycles. The number of thiophene rings is 1. The Kier molecular flexibility index (Phi) is 8.18. The highest BCUT2D eigenvalue weighted by molar-refractivity contribution is 7.33. The van der Waals surface area contributed by atoms with E-state index in [9.17, 15) is 0 Å². The van der Waals surface area contributed by atoms with Gasteiger partial charge < -0.3 is 9.80 Å². The van der Waals surface area contributed by atoms with E-state index < -0.39 is 0 Å². The molecule has 0 N–H and O–H groups in total. The maximum absolute atomic E-state index is 2.82. The van der Waals surface area contributed by atoms with Crippen molar-refractivity contribution in [2.45, 2.75) is 187 Å². The molecule has 4 heteroatoms. The van der Waals surface area contributed by atoms with Gasteiger partial charge in [-0.05, 0) is 188 Å². The first-order valence-corrected chi connectivity index (χ1v) is 25.9. The highest BCUT2D eigenvalue weighted by Crippen LogP contribution is 2.63. The molecule has 334 valence electrons. The Morgan fingerprint density at radius 1 is 0.508 bits per heavy atom. The van der Waals surface area contributed by atoms with Gasteiger partial charge in [0, 0.05) is 43.0 Å². The van der Waals surface area contributed by atoms with Crippen LogP contribution < -0.4 is 25.5 Å². The van der Waals surface area contributed by atoms with Crippen LogP contribution in [0.4, 0.5) is 34.1 Å². The van der Waals surface area contributed by atoms with Crippen molar-refractivity contribution in [2.24, 2.45) is 0 Å². The van der Waals surface area contributed by atoms with Gasteiger partial charge in [0.1, 0.15) is 0 Å². The Morgan fingerprint density at radius 3 is 1.65 bits per heavy atom. The van der Waals surface area contributed by atoms with Gasteiger partial charge in [0.15, 0.2) is 0 Å². The van der Waals surface area contributed by atoms with E-state index in [-0.39, 0.29) is 44.6 Å². The maximum atomic E-state index is 2.82. The Bertz CT molecular complexity index is 3130. The van der Waals surface area contributed by atoms with Crippen LogP contribution in [0.3, 0.4) is 0 Å². The fourth-order valence-corrected chi connectivity index (χ4v) is 15.4. The number of aryl methyl sites for hydroxylation is 2. The van der Waals surface area contributed by atoms with Gasteiger partial charge in [0.2, 0.25) is 0 Å². The summed E-state index contributed by atoms with van der Waals surface area (Å²) in [6.45, 7) is 39.5. The Morgan fingerprint density at radius 2 is 1.05 bits per heavy atom. The van der Waals surface area contributed by atoms with Crippen molar-refractivity contribution in [3.8, 4) is 0 Å². The smallest absolute Gasteiger partial charge is 0.264 e. The predicted molar refractivity (Wildman–Crippen MR) is 283 cm³/mol. The maximum Gasteiger partial charge on any atom is 0.264 e. The molecule has 0 amide bonds. The zero-order valence-electron chi connectivity index (χ0n) is 42.5. The van der Waals surface area contributed by atoms with E-state index in [0.717, 1.165) is 6.42 Å². The van der Waals surface area contributed by atoms with Crippen molar-refractivity contribution in [2.75, 3.05) is 9.80 Å². The van der Waals surface area contributed by atoms with Gasteiger partial charge in [-0.2, -0.15) is 0 Å². The standard InChI is InChI=1S/C61H71BN2S/c1-34-27-47-51-48(28-34)64-46-32-41-40(58(10,11)22-23-59(41,12)13)31-43(46)61(16)26-25-56(6,7)38-18-19-44(53(64)50(38)61)62(51)54-52(63(47)45-20-17-36(29-35(45)2)55(3,4)5)37-30-39-42(33-49(37)65-54)60(14,15)24-21-57(39,8)9/h17-20,27-33H,21-26H2,1-16H3. The van der Waals surface area contributed by atoms with Gasteiger partial charge in [-0.3, -0.25) is 0 Å². The fraction of sp³-hybridized carbons (Fsp3) is 0.475. The molecule has 0 spiro atoms. The third-order valence-corrected chi connectivity index (χ3v) is 19.8. The first kappa shape index (κ1) is 42.1. The lowest BCUT2D eigenvalue weighted by Crippen LogP contribution is -2.62. The molecule has 6 aliphatic rings. The summed E-state index contributed by atoms with van der Waals surface area (Å²) in [4.78, 5) is 5.56. The van der Waals surface area contributed by atoms with Crippen LogP contribution in [-0.4, -0.2) is 6.71 Å². The van der Waals surface area contributed by atoms with Crippen molar-refractivity contribution >= 4 is 78.0 Å². The van der Waals surface area contributed by atoms with Gasteiger partial charge in [-0.1, -0.05) is 127 Å². The summed E-state index contributed by atoms with van der Waals surface area (Å²) < 4.78 is 2.93.